The first-order valence-electron chi connectivity index (χ1n) is 12.8. The number of phenols is 1. The van der Waals surface area contributed by atoms with E-state index >= 15 is 0 Å². The Bertz CT molecular complexity index is 909. The quantitative estimate of drug-likeness (QED) is 0.352. The summed E-state index contributed by atoms with van der Waals surface area (Å²) in [7, 11) is 0. The first-order valence-corrected chi connectivity index (χ1v) is 13.4. The Labute approximate surface area is 220 Å². The van der Waals surface area contributed by atoms with E-state index in [1.807, 2.05) is 20.8 Å². The second-order valence-electron chi connectivity index (χ2n) is 11.1. The number of thiol groups is 1. The van der Waals surface area contributed by atoms with Crippen molar-refractivity contribution in [2.75, 3.05) is 5.75 Å². The molecule has 0 heterocycles. The molecule has 1 aliphatic rings. The van der Waals surface area contributed by atoms with E-state index in [9.17, 15) is 19.5 Å². The molecule has 202 valence electrons. The van der Waals surface area contributed by atoms with E-state index in [0.29, 0.717) is 12.0 Å². The maximum atomic E-state index is 14.0. The molecule has 3 amide bonds. The third kappa shape index (κ3) is 8.32. The van der Waals surface area contributed by atoms with Crippen LogP contribution in [0.2, 0.25) is 0 Å². The van der Waals surface area contributed by atoms with Gasteiger partial charge < -0.3 is 25.4 Å². The summed E-state index contributed by atoms with van der Waals surface area (Å²) in [6.07, 6.45) is 4.85. The van der Waals surface area contributed by atoms with Crippen LogP contribution in [0.3, 0.4) is 0 Å². The molecule has 8 nitrogen and oxygen atoms in total. The molecule has 0 radical (unpaired) electrons. The van der Waals surface area contributed by atoms with E-state index in [0.717, 1.165) is 32.1 Å². The normalized spacial score (nSPS) is 16.5. The molecule has 1 aliphatic carbocycles. The number of aromatic hydroxyl groups is 1. The molecule has 0 spiro atoms. The zero-order chi connectivity index (χ0) is 27.1. The lowest BCUT2D eigenvalue weighted by Gasteiger charge is -2.45. The van der Waals surface area contributed by atoms with Gasteiger partial charge >= 0.3 is 6.09 Å². The molecule has 1 fully saturated rings. The van der Waals surface area contributed by atoms with Gasteiger partial charge in [-0.1, -0.05) is 38.3 Å². The van der Waals surface area contributed by atoms with Gasteiger partial charge in [-0.05, 0) is 71.6 Å². The summed E-state index contributed by atoms with van der Waals surface area (Å²) < 4.78 is 5.35. The van der Waals surface area contributed by atoms with Gasteiger partial charge in [0, 0.05) is 17.3 Å². The molecular formula is C27H43N3O5S. The van der Waals surface area contributed by atoms with Gasteiger partial charge in [0.05, 0.1) is 0 Å². The zero-order valence-electron chi connectivity index (χ0n) is 22.5. The average Bonchev–Trinajstić information content (AvgIpc) is 2.79. The Hall–Kier alpha value is -2.42. The summed E-state index contributed by atoms with van der Waals surface area (Å²) >= 11 is 4.33. The van der Waals surface area contributed by atoms with Gasteiger partial charge in [-0.3, -0.25) is 9.59 Å². The topological polar surface area (TPSA) is 108 Å². The lowest BCUT2D eigenvalue weighted by Crippen LogP contribution is -2.60. The molecule has 3 N–H and O–H groups in total. The number of carbonyl (C=O) groups is 3. The standard InChI is InChI=1S/C27H43N3O5S/c1-7-27(5,6)30(24(33)21(17-36)29-25(34)35-26(2,3)4)22(18-12-11-15-20(31)16-18)23(32)28-19-13-9-8-10-14-19/h11-12,15-16,19,21-22,31,36H,7-10,13-14,17H2,1-6H3,(H,28,32)(H,29,34). The second kappa shape index (κ2) is 12.7. The van der Waals surface area contributed by atoms with Gasteiger partial charge in [0.15, 0.2) is 0 Å². The molecule has 0 aromatic heterocycles. The van der Waals surface area contributed by atoms with E-state index < -0.39 is 35.2 Å². The fourth-order valence-electron chi connectivity index (χ4n) is 4.39. The predicted molar refractivity (Wildman–Crippen MR) is 144 cm³/mol. The summed E-state index contributed by atoms with van der Waals surface area (Å²) in [5, 5.41) is 16.0. The minimum absolute atomic E-state index is 0.00213. The Morgan fingerprint density at radius 3 is 2.31 bits per heavy atom. The number of alkyl carbamates (subject to hydrolysis) is 1. The number of ether oxygens (including phenoxy) is 1. The SMILES string of the molecule is CCC(C)(C)N(C(=O)C(CS)NC(=O)OC(C)(C)C)C(C(=O)NC1CCCCC1)c1cccc(O)c1. The third-order valence-electron chi connectivity index (χ3n) is 6.57. The van der Waals surface area contributed by atoms with Gasteiger partial charge in [-0.15, -0.1) is 0 Å². The lowest BCUT2D eigenvalue weighted by atomic mass is 9.91. The van der Waals surface area contributed by atoms with E-state index in [-0.39, 0.29) is 23.5 Å². The van der Waals surface area contributed by atoms with Crippen LogP contribution in [0.15, 0.2) is 24.3 Å². The van der Waals surface area contributed by atoms with Crippen LogP contribution in [0.4, 0.5) is 4.79 Å². The maximum absolute atomic E-state index is 14.0. The monoisotopic (exact) mass is 521 g/mol. The number of benzene rings is 1. The molecule has 36 heavy (non-hydrogen) atoms. The van der Waals surface area contributed by atoms with Crippen molar-refractivity contribution < 1.29 is 24.2 Å². The van der Waals surface area contributed by atoms with Gasteiger partial charge in [0.25, 0.3) is 0 Å². The number of nitrogens with zero attached hydrogens (tertiary/aromatic N) is 1. The minimum Gasteiger partial charge on any atom is -0.508 e. The molecule has 2 rings (SSSR count). The Balaban J connectivity index is 2.49. The molecule has 0 bridgehead atoms. The van der Waals surface area contributed by atoms with Crippen LogP contribution in [-0.4, -0.2) is 56.9 Å². The summed E-state index contributed by atoms with van der Waals surface area (Å²) in [5.74, 6) is -0.736. The van der Waals surface area contributed by atoms with Crippen LogP contribution in [0, 0.1) is 0 Å². The average molecular weight is 522 g/mol. The summed E-state index contributed by atoms with van der Waals surface area (Å²) in [4.78, 5) is 41.9. The van der Waals surface area contributed by atoms with Gasteiger partial charge in [-0.2, -0.15) is 12.6 Å². The second-order valence-corrected chi connectivity index (χ2v) is 11.5. The lowest BCUT2D eigenvalue weighted by molar-refractivity contribution is -0.149. The molecule has 2 unspecified atom stereocenters. The van der Waals surface area contributed by atoms with Crippen LogP contribution in [0.5, 0.6) is 5.75 Å². The van der Waals surface area contributed by atoms with Crippen molar-refractivity contribution in [2.45, 2.75) is 109 Å². The summed E-state index contributed by atoms with van der Waals surface area (Å²) in [6.45, 7) is 10.9. The first kappa shape index (κ1) is 29.8. The molecule has 1 aromatic carbocycles. The molecular weight excluding hydrogens is 478 g/mol. The van der Waals surface area contributed by atoms with Crippen LogP contribution >= 0.6 is 12.6 Å². The minimum atomic E-state index is -1.02. The van der Waals surface area contributed by atoms with E-state index in [2.05, 4.69) is 23.3 Å². The summed E-state index contributed by atoms with van der Waals surface area (Å²) in [5.41, 5.74) is -0.998. The van der Waals surface area contributed by atoms with Gasteiger partial charge in [0.1, 0.15) is 23.4 Å². The highest BCUT2D eigenvalue weighted by Crippen LogP contribution is 2.34. The van der Waals surface area contributed by atoms with Crippen LogP contribution in [-0.2, 0) is 14.3 Å². The van der Waals surface area contributed by atoms with Gasteiger partial charge in [-0.25, -0.2) is 4.79 Å². The highest BCUT2D eigenvalue weighted by Gasteiger charge is 2.43. The molecule has 1 aromatic rings. The van der Waals surface area contributed by atoms with Crippen LogP contribution < -0.4 is 10.6 Å². The first-order chi connectivity index (χ1) is 16.8. The van der Waals surface area contributed by atoms with Crippen LogP contribution in [0.25, 0.3) is 0 Å². The third-order valence-corrected chi connectivity index (χ3v) is 6.94. The molecule has 0 saturated heterocycles. The van der Waals surface area contributed by atoms with Crippen molar-refractivity contribution in [2.24, 2.45) is 0 Å². The number of hydrogen-bond acceptors (Lipinski definition) is 6. The van der Waals surface area contributed by atoms with Crippen LogP contribution in [0.1, 0.15) is 91.7 Å². The highest BCUT2D eigenvalue weighted by atomic mass is 32.1. The van der Waals surface area contributed by atoms with E-state index in [1.165, 1.54) is 17.0 Å². The maximum Gasteiger partial charge on any atom is 0.408 e. The summed E-state index contributed by atoms with van der Waals surface area (Å²) in [6, 6.07) is 4.43. The highest BCUT2D eigenvalue weighted by molar-refractivity contribution is 7.80. The predicted octanol–water partition coefficient (Wildman–Crippen LogP) is 4.72. The van der Waals surface area contributed by atoms with E-state index in [1.54, 1.807) is 32.9 Å². The number of amides is 3. The molecule has 9 heteroatoms. The van der Waals surface area contributed by atoms with Crippen molar-refractivity contribution in [1.82, 2.24) is 15.5 Å². The van der Waals surface area contributed by atoms with Crippen molar-refractivity contribution in [1.29, 1.82) is 0 Å². The molecule has 2 atom stereocenters. The van der Waals surface area contributed by atoms with Crippen molar-refractivity contribution >= 4 is 30.5 Å². The number of carbonyl (C=O) groups excluding carboxylic acids is 3. The van der Waals surface area contributed by atoms with Crippen molar-refractivity contribution in [3.63, 3.8) is 0 Å². The number of nitrogens with one attached hydrogen (secondary N) is 2. The Kier molecular flexibility index (Phi) is 10.5. The fourth-order valence-corrected chi connectivity index (χ4v) is 4.64. The fraction of sp³-hybridized carbons (Fsp3) is 0.667. The molecule has 1 saturated carbocycles. The Morgan fingerprint density at radius 1 is 1.14 bits per heavy atom. The van der Waals surface area contributed by atoms with Gasteiger partial charge in [0.2, 0.25) is 11.8 Å². The van der Waals surface area contributed by atoms with Crippen molar-refractivity contribution in [3.05, 3.63) is 29.8 Å². The zero-order valence-corrected chi connectivity index (χ0v) is 23.4. The molecule has 0 aliphatic heterocycles. The number of rotatable bonds is 9. The van der Waals surface area contributed by atoms with Crippen molar-refractivity contribution in [3.8, 4) is 5.75 Å². The largest absolute Gasteiger partial charge is 0.508 e. The Morgan fingerprint density at radius 2 is 1.78 bits per heavy atom. The van der Waals surface area contributed by atoms with E-state index in [4.69, 9.17) is 4.74 Å². The number of phenolic OH excluding ortho intramolecular Hbond substituents is 1. The number of hydrogen-bond donors (Lipinski definition) is 4. The smallest absolute Gasteiger partial charge is 0.408 e.